The zero-order valence-corrected chi connectivity index (χ0v) is 13.7. The lowest BCUT2D eigenvalue weighted by molar-refractivity contribution is -0.119. The third kappa shape index (κ3) is 3.65. The highest BCUT2D eigenvalue weighted by Crippen LogP contribution is 2.32. The van der Waals surface area contributed by atoms with Gasteiger partial charge < -0.3 is 5.73 Å². The van der Waals surface area contributed by atoms with Crippen molar-refractivity contribution in [2.45, 2.75) is 71.5 Å². The minimum absolute atomic E-state index is 0.0888. The molecule has 21 heavy (non-hydrogen) atoms. The largest absolute Gasteiger partial charge is 0.369 e. The molecule has 0 saturated heterocycles. The molecule has 1 amide bonds. The Morgan fingerprint density at radius 2 is 1.95 bits per heavy atom. The summed E-state index contributed by atoms with van der Waals surface area (Å²) in [5.74, 6) is -0.274. The highest BCUT2D eigenvalue weighted by molar-refractivity contribution is 5.82. The van der Waals surface area contributed by atoms with Crippen LogP contribution in [0.4, 0.5) is 0 Å². The van der Waals surface area contributed by atoms with Crippen molar-refractivity contribution in [2.75, 3.05) is 0 Å². The first kappa shape index (κ1) is 16.0. The van der Waals surface area contributed by atoms with Crippen molar-refractivity contribution < 1.29 is 4.79 Å². The summed E-state index contributed by atoms with van der Waals surface area (Å²) in [5, 5.41) is 0. The first-order valence-electron chi connectivity index (χ1n) is 8.07. The number of hydrogen-bond acceptors (Lipinski definition) is 2. The van der Waals surface area contributed by atoms with Gasteiger partial charge in [-0.25, -0.2) is 0 Å². The zero-order valence-electron chi connectivity index (χ0n) is 13.7. The Hall–Kier alpha value is -1.35. The number of aryl methyl sites for hydroxylation is 1. The van der Waals surface area contributed by atoms with Gasteiger partial charge in [0.05, 0.1) is 5.92 Å². The maximum Gasteiger partial charge on any atom is 0.224 e. The molecule has 116 valence electrons. The molecule has 0 radical (unpaired) electrons. The summed E-state index contributed by atoms with van der Waals surface area (Å²) in [4.78, 5) is 14.1. The molecular formula is C18H28N2O. The fraction of sp³-hybridized carbons (Fsp3) is 0.611. The molecule has 1 aliphatic rings. The van der Waals surface area contributed by atoms with E-state index >= 15 is 0 Å². The van der Waals surface area contributed by atoms with Gasteiger partial charge >= 0.3 is 0 Å². The van der Waals surface area contributed by atoms with Crippen molar-refractivity contribution in [3.05, 3.63) is 34.9 Å². The van der Waals surface area contributed by atoms with E-state index in [4.69, 9.17) is 5.73 Å². The fourth-order valence-electron chi connectivity index (χ4n) is 3.43. The van der Waals surface area contributed by atoms with E-state index in [0.29, 0.717) is 12.1 Å². The average Bonchev–Trinajstić information content (AvgIpc) is 2.42. The van der Waals surface area contributed by atoms with Gasteiger partial charge in [0.15, 0.2) is 0 Å². The van der Waals surface area contributed by atoms with Crippen molar-refractivity contribution >= 4 is 5.91 Å². The Bertz CT molecular complexity index is 500. The minimum Gasteiger partial charge on any atom is -0.369 e. The van der Waals surface area contributed by atoms with Crippen molar-refractivity contribution in [2.24, 2.45) is 5.73 Å². The quantitative estimate of drug-likeness (QED) is 0.904. The standard InChI is InChI=1S/C18H28N2O/c1-12(2)20(13(3)4)11-14-8-9-16-15(10-14)6-5-7-17(16)18(19)21/h8-10,12-13,17H,5-7,11H2,1-4H3,(H2,19,21). The lowest BCUT2D eigenvalue weighted by Crippen LogP contribution is -2.36. The number of benzene rings is 1. The van der Waals surface area contributed by atoms with Crippen LogP contribution in [0.2, 0.25) is 0 Å². The molecule has 2 N–H and O–H groups in total. The molecule has 3 heteroatoms. The third-order valence-corrected chi connectivity index (χ3v) is 4.56. The van der Waals surface area contributed by atoms with Crippen LogP contribution >= 0.6 is 0 Å². The Balaban J connectivity index is 2.23. The summed E-state index contributed by atoms with van der Waals surface area (Å²) >= 11 is 0. The molecule has 0 aromatic heterocycles. The Labute approximate surface area is 128 Å². The molecule has 0 fully saturated rings. The van der Waals surface area contributed by atoms with Crippen LogP contribution in [0, 0.1) is 0 Å². The van der Waals surface area contributed by atoms with Crippen LogP contribution in [-0.2, 0) is 17.8 Å². The molecule has 2 rings (SSSR count). The summed E-state index contributed by atoms with van der Waals surface area (Å²) in [6.45, 7) is 9.91. The van der Waals surface area contributed by atoms with Crippen LogP contribution in [0.15, 0.2) is 18.2 Å². The molecule has 0 saturated carbocycles. The number of amides is 1. The predicted molar refractivity (Wildman–Crippen MR) is 87.1 cm³/mol. The van der Waals surface area contributed by atoms with Crippen LogP contribution in [0.3, 0.4) is 0 Å². The molecule has 1 aliphatic carbocycles. The second-order valence-electron chi connectivity index (χ2n) is 6.74. The van der Waals surface area contributed by atoms with Gasteiger partial charge in [0.25, 0.3) is 0 Å². The van der Waals surface area contributed by atoms with E-state index in [1.807, 2.05) is 0 Å². The van der Waals surface area contributed by atoms with Gasteiger partial charge in [-0.1, -0.05) is 18.2 Å². The first-order chi connectivity index (χ1) is 9.90. The number of hydrogen-bond donors (Lipinski definition) is 1. The molecule has 0 spiro atoms. The summed E-state index contributed by atoms with van der Waals surface area (Å²) in [5.41, 5.74) is 9.33. The molecule has 3 nitrogen and oxygen atoms in total. The maximum atomic E-state index is 11.6. The summed E-state index contributed by atoms with van der Waals surface area (Å²) in [7, 11) is 0. The molecule has 1 aromatic carbocycles. The van der Waals surface area contributed by atoms with Gasteiger partial charge in [-0.2, -0.15) is 0 Å². The highest BCUT2D eigenvalue weighted by atomic mass is 16.1. The summed E-state index contributed by atoms with van der Waals surface area (Å²) in [6.07, 6.45) is 3.02. The average molecular weight is 288 g/mol. The summed E-state index contributed by atoms with van der Waals surface area (Å²) < 4.78 is 0. The lowest BCUT2D eigenvalue weighted by Gasteiger charge is -2.31. The SMILES string of the molecule is CC(C)N(Cc1ccc2c(c1)CCCC2C(N)=O)C(C)C. The number of nitrogens with two attached hydrogens (primary N) is 1. The highest BCUT2D eigenvalue weighted by Gasteiger charge is 2.25. The van der Waals surface area contributed by atoms with Crippen LogP contribution in [0.25, 0.3) is 0 Å². The van der Waals surface area contributed by atoms with E-state index in [-0.39, 0.29) is 11.8 Å². The van der Waals surface area contributed by atoms with E-state index in [9.17, 15) is 4.79 Å². The van der Waals surface area contributed by atoms with Crippen molar-refractivity contribution in [3.63, 3.8) is 0 Å². The number of fused-ring (bicyclic) bond motifs is 1. The smallest absolute Gasteiger partial charge is 0.224 e. The first-order valence-corrected chi connectivity index (χ1v) is 8.07. The van der Waals surface area contributed by atoms with E-state index in [0.717, 1.165) is 31.4 Å². The molecule has 0 aliphatic heterocycles. The Morgan fingerprint density at radius 3 is 2.52 bits per heavy atom. The summed E-state index contributed by atoms with van der Waals surface area (Å²) in [6, 6.07) is 7.62. The van der Waals surface area contributed by atoms with Crippen LogP contribution in [0.1, 0.15) is 63.1 Å². The van der Waals surface area contributed by atoms with E-state index < -0.39 is 0 Å². The van der Waals surface area contributed by atoms with Crippen LogP contribution in [0.5, 0.6) is 0 Å². The second-order valence-corrected chi connectivity index (χ2v) is 6.74. The lowest BCUT2D eigenvalue weighted by atomic mass is 9.81. The van der Waals surface area contributed by atoms with Gasteiger partial charge in [0.2, 0.25) is 5.91 Å². The molecule has 1 aromatic rings. The molecule has 0 heterocycles. The van der Waals surface area contributed by atoms with Gasteiger partial charge in [0.1, 0.15) is 0 Å². The third-order valence-electron chi connectivity index (χ3n) is 4.56. The van der Waals surface area contributed by atoms with E-state index in [2.05, 4.69) is 50.8 Å². The zero-order chi connectivity index (χ0) is 15.6. The second kappa shape index (κ2) is 6.61. The van der Waals surface area contributed by atoms with Gasteiger partial charge in [0, 0.05) is 18.6 Å². The molecule has 1 unspecified atom stereocenters. The van der Waals surface area contributed by atoms with Crippen LogP contribution in [-0.4, -0.2) is 22.9 Å². The van der Waals surface area contributed by atoms with Crippen LogP contribution < -0.4 is 5.73 Å². The van der Waals surface area contributed by atoms with Gasteiger partial charge in [-0.3, -0.25) is 9.69 Å². The number of rotatable bonds is 5. The molecule has 0 bridgehead atoms. The number of carbonyl (C=O) groups excluding carboxylic acids is 1. The van der Waals surface area contributed by atoms with Gasteiger partial charge in [-0.15, -0.1) is 0 Å². The van der Waals surface area contributed by atoms with E-state index in [1.165, 1.54) is 11.1 Å². The number of carbonyl (C=O) groups is 1. The predicted octanol–water partition coefficient (Wildman–Crippen LogP) is 3.21. The fourth-order valence-corrected chi connectivity index (χ4v) is 3.43. The monoisotopic (exact) mass is 288 g/mol. The topological polar surface area (TPSA) is 46.3 Å². The Morgan fingerprint density at radius 1 is 1.29 bits per heavy atom. The number of nitrogens with zero attached hydrogens (tertiary/aromatic N) is 1. The van der Waals surface area contributed by atoms with Gasteiger partial charge in [-0.05, 0) is 63.6 Å². The normalized spacial score (nSPS) is 18.3. The number of primary amides is 1. The minimum atomic E-state index is -0.185. The van der Waals surface area contributed by atoms with Crippen molar-refractivity contribution in [1.82, 2.24) is 4.90 Å². The molecular weight excluding hydrogens is 260 g/mol. The maximum absolute atomic E-state index is 11.6. The van der Waals surface area contributed by atoms with Crippen molar-refractivity contribution in [3.8, 4) is 0 Å². The Kier molecular flexibility index (Phi) is 5.04. The van der Waals surface area contributed by atoms with E-state index in [1.54, 1.807) is 0 Å². The van der Waals surface area contributed by atoms with Crippen molar-refractivity contribution in [1.29, 1.82) is 0 Å². The molecule has 1 atom stereocenters.